The molecule has 0 bridgehead atoms. The lowest BCUT2D eigenvalue weighted by atomic mass is 9.99. The van der Waals surface area contributed by atoms with Crippen molar-refractivity contribution in [2.24, 2.45) is 0 Å². The molecule has 174 valence electrons. The molecule has 2 heterocycles. The van der Waals surface area contributed by atoms with E-state index in [9.17, 15) is 9.18 Å². The molecule has 1 aliphatic heterocycles. The van der Waals surface area contributed by atoms with E-state index in [0.717, 1.165) is 36.9 Å². The topological polar surface area (TPSA) is 74.2 Å². The summed E-state index contributed by atoms with van der Waals surface area (Å²) in [4.78, 5) is 14.1. The van der Waals surface area contributed by atoms with Gasteiger partial charge < -0.3 is 10.2 Å². The lowest BCUT2D eigenvalue weighted by molar-refractivity contribution is 0.207. The first-order valence-corrected chi connectivity index (χ1v) is 11.4. The van der Waals surface area contributed by atoms with Gasteiger partial charge in [-0.2, -0.15) is 5.10 Å². The number of nitrogens with zero attached hydrogens (tertiary/aromatic N) is 3. The average molecular weight is 451 g/mol. The summed E-state index contributed by atoms with van der Waals surface area (Å²) in [6, 6.07) is 17.2. The van der Waals surface area contributed by atoms with Crippen molar-refractivity contribution in [3.8, 4) is 5.69 Å². The average Bonchev–Trinajstić information content (AvgIpc) is 3.52. The molecule has 0 radical (unpaired) electrons. The molecule has 0 spiro atoms. The zero-order valence-corrected chi connectivity index (χ0v) is 18.9. The standard InChI is InChI=1S/C25H31FN6O/c1-31(15-3-7-22-18-24(30-29-22)20-5-2-6-21(26)17-20)25(33)27-14-12-19-8-10-23(11-9-19)32-16-4-13-28-32/h2,4-6,8-11,13,16-17,22,24,29-30H,3,7,12,14-15,18H2,1H3,(H,27,33). The minimum Gasteiger partial charge on any atom is -0.338 e. The molecular weight excluding hydrogens is 419 g/mol. The van der Waals surface area contributed by atoms with Gasteiger partial charge in [0.15, 0.2) is 0 Å². The molecule has 4 rings (SSSR count). The number of hydrazine groups is 1. The van der Waals surface area contributed by atoms with Crippen LogP contribution in [-0.4, -0.2) is 46.9 Å². The maximum Gasteiger partial charge on any atom is 0.317 e. The van der Waals surface area contributed by atoms with Gasteiger partial charge in [-0.05, 0) is 67.1 Å². The van der Waals surface area contributed by atoms with E-state index in [0.29, 0.717) is 19.1 Å². The number of halogens is 1. The monoisotopic (exact) mass is 450 g/mol. The van der Waals surface area contributed by atoms with Gasteiger partial charge in [-0.25, -0.2) is 13.9 Å². The van der Waals surface area contributed by atoms with Crippen LogP contribution in [0.5, 0.6) is 0 Å². The lowest BCUT2D eigenvalue weighted by Gasteiger charge is -2.19. The van der Waals surface area contributed by atoms with Crippen LogP contribution in [0.15, 0.2) is 67.0 Å². The van der Waals surface area contributed by atoms with E-state index in [-0.39, 0.29) is 17.9 Å². The Kier molecular flexibility index (Phi) is 7.70. The van der Waals surface area contributed by atoms with Crippen molar-refractivity contribution < 1.29 is 9.18 Å². The predicted octanol–water partition coefficient (Wildman–Crippen LogP) is 3.58. The van der Waals surface area contributed by atoms with Crippen molar-refractivity contribution in [3.05, 3.63) is 83.9 Å². The first-order chi connectivity index (χ1) is 16.1. The third-order valence-corrected chi connectivity index (χ3v) is 6.02. The molecule has 0 saturated carbocycles. The third-order valence-electron chi connectivity index (χ3n) is 6.02. The fourth-order valence-electron chi connectivity index (χ4n) is 4.12. The third kappa shape index (κ3) is 6.40. The number of hydrogen-bond donors (Lipinski definition) is 3. The highest BCUT2D eigenvalue weighted by Crippen LogP contribution is 2.24. The molecule has 3 N–H and O–H groups in total. The molecule has 0 aliphatic carbocycles. The summed E-state index contributed by atoms with van der Waals surface area (Å²) < 4.78 is 15.3. The van der Waals surface area contributed by atoms with Gasteiger partial charge in [0, 0.05) is 44.6 Å². The maximum absolute atomic E-state index is 13.4. The second-order valence-electron chi connectivity index (χ2n) is 8.49. The van der Waals surface area contributed by atoms with Gasteiger partial charge in [0.25, 0.3) is 0 Å². The van der Waals surface area contributed by atoms with Crippen LogP contribution in [0.4, 0.5) is 9.18 Å². The fraction of sp³-hybridized carbons (Fsp3) is 0.360. The van der Waals surface area contributed by atoms with E-state index in [2.05, 4.69) is 33.4 Å². The van der Waals surface area contributed by atoms with Crippen LogP contribution >= 0.6 is 0 Å². The van der Waals surface area contributed by atoms with E-state index in [4.69, 9.17) is 0 Å². The van der Waals surface area contributed by atoms with Crippen LogP contribution in [0.2, 0.25) is 0 Å². The molecule has 1 aromatic heterocycles. The van der Waals surface area contributed by atoms with Crippen LogP contribution in [-0.2, 0) is 6.42 Å². The molecule has 33 heavy (non-hydrogen) atoms. The summed E-state index contributed by atoms with van der Waals surface area (Å²) in [6.45, 7) is 1.28. The number of carbonyl (C=O) groups excluding carboxylic acids is 1. The number of amides is 2. The Morgan fingerprint density at radius 1 is 1.21 bits per heavy atom. The highest BCUT2D eigenvalue weighted by Gasteiger charge is 2.25. The minimum absolute atomic E-state index is 0.0571. The largest absolute Gasteiger partial charge is 0.338 e. The Balaban J connectivity index is 1.12. The number of hydrogen-bond acceptors (Lipinski definition) is 4. The SMILES string of the molecule is CN(CCCC1CC(c2cccc(F)c2)NN1)C(=O)NCCc1ccc(-n2cccn2)cc1. The molecular formula is C25H31FN6O. The Labute approximate surface area is 194 Å². The van der Waals surface area contributed by atoms with Gasteiger partial charge in [0.2, 0.25) is 0 Å². The molecule has 1 aliphatic rings. The second-order valence-corrected chi connectivity index (χ2v) is 8.49. The summed E-state index contributed by atoms with van der Waals surface area (Å²) in [6.07, 6.45) is 7.18. The summed E-state index contributed by atoms with van der Waals surface area (Å²) >= 11 is 0. The molecule has 2 unspecified atom stereocenters. The summed E-state index contributed by atoms with van der Waals surface area (Å²) in [5.41, 5.74) is 9.69. The highest BCUT2D eigenvalue weighted by molar-refractivity contribution is 5.73. The van der Waals surface area contributed by atoms with Crippen molar-refractivity contribution in [1.82, 2.24) is 30.8 Å². The van der Waals surface area contributed by atoms with Crippen molar-refractivity contribution in [1.29, 1.82) is 0 Å². The Hall–Kier alpha value is -3.23. The zero-order valence-electron chi connectivity index (χ0n) is 18.9. The number of aromatic nitrogens is 2. The number of urea groups is 1. The molecule has 2 atom stereocenters. The number of nitrogens with one attached hydrogen (secondary N) is 3. The number of benzene rings is 2. The van der Waals surface area contributed by atoms with E-state index in [1.165, 1.54) is 11.6 Å². The van der Waals surface area contributed by atoms with Gasteiger partial charge in [-0.1, -0.05) is 24.3 Å². The van der Waals surface area contributed by atoms with Crippen LogP contribution in [0.3, 0.4) is 0 Å². The number of rotatable bonds is 9. The van der Waals surface area contributed by atoms with E-state index in [1.807, 2.05) is 42.2 Å². The lowest BCUT2D eigenvalue weighted by Crippen LogP contribution is -2.39. The Morgan fingerprint density at radius 3 is 2.82 bits per heavy atom. The fourth-order valence-corrected chi connectivity index (χ4v) is 4.12. The van der Waals surface area contributed by atoms with E-state index in [1.54, 1.807) is 23.2 Å². The van der Waals surface area contributed by atoms with Gasteiger partial charge in [0.05, 0.1) is 5.69 Å². The second kappa shape index (κ2) is 11.1. The maximum atomic E-state index is 13.4. The molecule has 3 aromatic rings. The predicted molar refractivity (Wildman–Crippen MR) is 126 cm³/mol. The van der Waals surface area contributed by atoms with Crippen LogP contribution < -0.4 is 16.2 Å². The molecule has 1 fully saturated rings. The van der Waals surface area contributed by atoms with Crippen LogP contribution in [0.25, 0.3) is 5.69 Å². The van der Waals surface area contributed by atoms with Crippen molar-refractivity contribution >= 4 is 6.03 Å². The summed E-state index contributed by atoms with van der Waals surface area (Å²) in [7, 11) is 1.82. The quantitative estimate of drug-likeness (QED) is 0.466. The van der Waals surface area contributed by atoms with E-state index < -0.39 is 0 Å². The van der Waals surface area contributed by atoms with Gasteiger partial charge in [-0.15, -0.1) is 0 Å². The van der Waals surface area contributed by atoms with Crippen LogP contribution in [0.1, 0.15) is 36.4 Å². The molecule has 1 saturated heterocycles. The van der Waals surface area contributed by atoms with Crippen molar-refractivity contribution in [2.45, 2.75) is 37.8 Å². The Bertz CT molecular complexity index is 1020. The minimum atomic E-state index is -0.211. The first kappa shape index (κ1) is 22.9. The van der Waals surface area contributed by atoms with Gasteiger partial charge in [-0.3, -0.25) is 10.9 Å². The van der Waals surface area contributed by atoms with Crippen LogP contribution in [0, 0.1) is 5.82 Å². The smallest absolute Gasteiger partial charge is 0.317 e. The normalized spacial score (nSPS) is 17.8. The van der Waals surface area contributed by atoms with Crippen molar-refractivity contribution in [3.63, 3.8) is 0 Å². The zero-order chi connectivity index (χ0) is 23.0. The Morgan fingerprint density at radius 2 is 2.06 bits per heavy atom. The molecule has 2 amide bonds. The summed E-state index contributed by atoms with van der Waals surface area (Å²) in [5.74, 6) is -0.211. The van der Waals surface area contributed by atoms with Gasteiger partial charge in [0.1, 0.15) is 5.82 Å². The first-order valence-electron chi connectivity index (χ1n) is 11.4. The molecule has 2 aromatic carbocycles. The van der Waals surface area contributed by atoms with Crippen molar-refractivity contribution in [2.75, 3.05) is 20.1 Å². The summed E-state index contributed by atoms with van der Waals surface area (Å²) in [5, 5.41) is 7.22. The molecule has 7 nitrogen and oxygen atoms in total. The van der Waals surface area contributed by atoms with Gasteiger partial charge >= 0.3 is 6.03 Å². The number of carbonyl (C=O) groups is 1. The van der Waals surface area contributed by atoms with E-state index >= 15 is 0 Å². The molecule has 8 heteroatoms. The highest BCUT2D eigenvalue weighted by atomic mass is 19.1.